The van der Waals surface area contributed by atoms with Gasteiger partial charge in [-0.25, -0.2) is 4.57 Å². The van der Waals surface area contributed by atoms with E-state index in [1.807, 2.05) is 6.92 Å². The van der Waals surface area contributed by atoms with Crippen LogP contribution in [-0.2, 0) is 13.0 Å². The molecule has 0 amide bonds. The first-order valence-corrected chi connectivity index (χ1v) is 9.29. The van der Waals surface area contributed by atoms with E-state index in [1.54, 1.807) is 0 Å². The first kappa shape index (κ1) is 18.5. The summed E-state index contributed by atoms with van der Waals surface area (Å²) in [5.74, 6) is 2.33. The number of halogens is 1. The molecule has 0 aliphatic carbocycles. The second-order valence-electron chi connectivity index (χ2n) is 6.56. The van der Waals surface area contributed by atoms with Crippen molar-refractivity contribution in [3.8, 4) is 22.7 Å². The second kappa shape index (κ2) is 8.41. The zero-order valence-corrected chi connectivity index (χ0v) is 16.0. The molecule has 0 atom stereocenters. The number of imidazole rings is 1. The van der Waals surface area contributed by atoms with Gasteiger partial charge in [-0.15, -0.1) is 0 Å². The van der Waals surface area contributed by atoms with Gasteiger partial charge in [0, 0.05) is 12.0 Å². The van der Waals surface area contributed by atoms with Crippen molar-refractivity contribution in [3.63, 3.8) is 0 Å². The fourth-order valence-corrected chi connectivity index (χ4v) is 3.70. The number of benzene rings is 2. The Bertz CT molecular complexity index is 841. The predicted octanol–water partition coefficient (Wildman–Crippen LogP) is 1.56. The molecule has 0 saturated carbocycles. The molecular weight excluding hydrogens is 344 g/mol. The number of hydrogen-bond donors (Lipinski definition) is 0. The maximum Gasteiger partial charge on any atom is 0.262 e. The summed E-state index contributed by atoms with van der Waals surface area (Å²) < 4.78 is 10.5. The van der Waals surface area contributed by atoms with Gasteiger partial charge in [-0.1, -0.05) is 30.3 Å². The Labute approximate surface area is 161 Å². The van der Waals surface area contributed by atoms with Crippen LogP contribution in [-0.4, -0.2) is 11.2 Å². The van der Waals surface area contributed by atoms with Gasteiger partial charge in [0.15, 0.2) is 5.69 Å². The third kappa shape index (κ3) is 3.63. The molecule has 26 heavy (non-hydrogen) atoms. The van der Waals surface area contributed by atoms with Crippen LogP contribution < -0.4 is 21.7 Å². The summed E-state index contributed by atoms with van der Waals surface area (Å²) in [5, 5.41) is 0. The van der Waals surface area contributed by atoms with Crippen LogP contribution in [0.15, 0.2) is 60.8 Å². The zero-order valence-electron chi connectivity index (χ0n) is 15.2. The zero-order chi connectivity index (χ0) is 17.1. The lowest BCUT2D eigenvalue weighted by molar-refractivity contribution is -0.692. The van der Waals surface area contributed by atoms with Gasteiger partial charge in [0.25, 0.3) is 5.82 Å². The topological polar surface area (TPSA) is 18.0 Å². The Kier molecular flexibility index (Phi) is 6.00. The number of ether oxygens (including phenoxy) is 1. The first-order chi connectivity index (χ1) is 12.4. The highest BCUT2D eigenvalue weighted by Gasteiger charge is 2.26. The summed E-state index contributed by atoms with van der Waals surface area (Å²) >= 11 is 0. The Morgan fingerprint density at radius 2 is 1.73 bits per heavy atom. The maximum atomic E-state index is 5.59. The van der Waals surface area contributed by atoms with Gasteiger partial charge in [0.2, 0.25) is 0 Å². The van der Waals surface area contributed by atoms with Crippen LogP contribution in [0.1, 0.15) is 32.0 Å². The molecule has 0 spiro atoms. The number of fused-ring (bicyclic) bond motifs is 1. The molecule has 1 aromatic heterocycles. The van der Waals surface area contributed by atoms with Gasteiger partial charge >= 0.3 is 0 Å². The SMILES string of the molecule is CCOc1ccc(-n2cc(-c3ccccc3)[n+]3c2CCCCC3)cc1.[Cl-]. The summed E-state index contributed by atoms with van der Waals surface area (Å²) in [6.07, 6.45) is 7.24. The average molecular weight is 369 g/mol. The number of nitrogens with zero attached hydrogens (tertiary/aromatic N) is 2. The van der Waals surface area contributed by atoms with Crippen molar-refractivity contribution in [3.05, 3.63) is 66.6 Å². The monoisotopic (exact) mass is 368 g/mol. The van der Waals surface area contributed by atoms with E-state index in [-0.39, 0.29) is 12.4 Å². The van der Waals surface area contributed by atoms with Crippen LogP contribution in [0.5, 0.6) is 5.75 Å². The Morgan fingerprint density at radius 3 is 2.46 bits per heavy atom. The minimum absolute atomic E-state index is 0. The van der Waals surface area contributed by atoms with Crippen molar-refractivity contribution in [2.75, 3.05) is 6.61 Å². The van der Waals surface area contributed by atoms with E-state index in [1.165, 1.54) is 42.0 Å². The molecular formula is C22H25ClN2O. The van der Waals surface area contributed by atoms with Crippen LogP contribution in [0.4, 0.5) is 0 Å². The van der Waals surface area contributed by atoms with E-state index in [9.17, 15) is 0 Å². The van der Waals surface area contributed by atoms with Crippen molar-refractivity contribution in [1.29, 1.82) is 0 Å². The van der Waals surface area contributed by atoms with Gasteiger partial charge in [-0.3, -0.25) is 0 Å². The number of rotatable bonds is 4. The fourth-order valence-electron chi connectivity index (χ4n) is 3.70. The molecule has 1 aliphatic heterocycles. The minimum Gasteiger partial charge on any atom is -1.00 e. The number of hydrogen-bond acceptors (Lipinski definition) is 1. The van der Waals surface area contributed by atoms with Gasteiger partial charge in [-0.05, 0) is 50.5 Å². The van der Waals surface area contributed by atoms with E-state index < -0.39 is 0 Å². The molecule has 0 unspecified atom stereocenters. The van der Waals surface area contributed by atoms with Crippen LogP contribution >= 0.6 is 0 Å². The van der Waals surface area contributed by atoms with E-state index in [0.717, 1.165) is 18.7 Å². The molecule has 4 rings (SSSR count). The maximum absolute atomic E-state index is 5.59. The van der Waals surface area contributed by atoms with Crippen molar-refractivity contribution in [2.24, 2.45) is 0 Å². The molecule has 136 valence electrons. The summed E-state index contributed by atoms with van der Waals surface area (Å²) in [6, 6.07) is 19.2. The van der Waals surface area contributed by atoms with Crippen LogP contribution in [0.2, 0.25) is 0 Å². The fraction of sp³-hybridized carbons (Fsp3) is 0.318. The lowest BCUT2D eigenvalue weighted by Gasteiger charge is -2.05. The summed E-state index contributed by atoms with van der Waals surface area (Å²) in [4.78, 5) is 0. The summed E-state index contributed by atoms with van der Waals surface area (Å²) in [6.45, 7) is 3.82. The van der Waals surface area contributed by atoms with Gasteiger partial charge in [0.05, 0.1) is 13.2 Å². The standard InChI is InChI=1S/C22H25N2O.ClH/c1-2-25-20-14-12-19(13-15-20)24-17-21(18-9-5-3-6-10-18)23-16-8-4-7-11-22(23)24;/h3,5-6,9-10,12-15,17H,2,4,7-8,11,16H2,1H3;1H/q+1;/p-1. The lowest BCUT2D eigenvalue weighted by atomic mass is 10.1. The van der Waals surface area contributed by atoms with E-state index in [2.05, 4.69) is 69.9 Å². The molecule has 0 saturated heterocycles. The van der Waals surface area contributed by atoms with Gasteiger partial charge < -0.3 is 17.1 Å². The number of aromatic nitrogens is 2. The molecule has 0 N–H and O–H groups in total. The lowest BCUT2D eigenvalue weighted by Crippen LogP contribution is -3.00. The van der Waals surface area contributed by atoms with Crippen molar-refractivity contribution in [2.45, 2.75) is 39.2 Å². The van der Waals surface area contributed by atoms with E-state index in [4.69, 9.17) is 4.74 Å². The smallest absolute Gasteiger partial charge is 0.262 e. The third-order valence-electron chi connectivity index (χ3n) is 4.91. The van der Waals surface area contributed by atoms with Crippen molar-refractivity contribution >= 4 is 0 Å². The Morgan fingerprint density at radius 1 is 0.962 bits per heavy atom. The van der Waals surface area contributed by atoms with Gasteiger partial charge in [-0.2, -0.15) is 4.57 Å². The van der Waals surface area contributed by atoms with Crippen LogP contribution in [0.3, 0.4) is 0 Å². The van der Waals surface area contributed by atoms with Crippen LogP contribution in [0.25, 0.3) is 16.9 Å². The molecule has 4 heteroatoms. The van der Waals surface area contributed by atoms with Gasteiger partial charge in [0.1, 0.15) is 17.6 Å². The van der Waals surface area contributed by atoms with E-state index in [0.29, 0.717) is 6.61 Å². The molecule has 2 heterocycles. The van der Waals surface area contributed by atoms with Crippen LogP contribution in [0, 0.1) is 0 Å². The highest BCUT2D eigenvalue weighted by molar-refractivity contribution is 5.56. The Balaban J connectivity index is 0.00000196. The highest BCUT2D eigenvalue weighted by Crippen LogP contribution is 2.24. The molecule has 0 bridgehead atoms. The highest BCUT2D eigenvalue weighted by atomic mass is 35.5. The molecule has 1 aliphatic rings. The van der Waals surface area contributed by atoms with E-state index >= 15 is 0 Å². The summed E-state index contributed by atoms with van der Waals surface area (Å²) in [7, 11) is 0. The van der Waals surface area contributed by atoms with Crippen molar-refractivity contribution in [1.82, 2.24) is 4.57 Å². The molecule has 2 aromatic carbocycles. The molecule has 0 radical (unpaired) electrons. The minimum atomic E-state index is 0. The largest absolute Gasteiger partial charge is 1.00 e. The molecule has 3 aromatic rings. The Hall–Kier alpha value is -2.26. The molecule has 3 nitrogen and oxygen atoms in total. The predicted molar refractivity (Wildman–Crippen MR) is 100 cm³/mol. The molecule has 0 fully saturated rings. The second-order valence-corrected chi connectivity index (χ2v) is 6.56. The third-order valence-corrected chi connectivity index (χ3v) is 4.91. The average Bonchev–Trinajstić information content (AvgIpc) is 2.85. The normalized spacial score (nSPS) is 13.4. The first-order valence-electron chi connectivity index (χ1n) is 9.29. The summed E-state index contributed by atoms with van der Waals surface area (Å²) in [5.41, 5.74) is 3.80. The quantitative estimate of drug-likeness (QED) is 0.639. The van der Waals surface area contributed by atoms with Crippen molar-refractivity contribution < 1.29 is 21.7 Å².